The van der Waals surface area contributed by atoms with Gasteiger partial charge >= 0.3 is 0 Å². The maximum Gasteiger partial charge on any atom is 0.231 e. The lowest BCUT2D eigenvalue weighted by Gasteiger charge is -2.07. The first-order chi connectivity index (χ1) is 15.1. The molecule has 0 aliphatic heterocycles. The van der Waals surface area contributed by atoms with Crippen LogP contribution in [-0.2, 0) is 0 Å². The third kappa shape index (κ3) is 5.12. The first-order valence-electron chi connectivity index (χ1n) is 10.2. The van der Waals surface area contributed by atoms with E-state index in [1.807, 2.05) is 66.7 Å². The highest BCUT2D eigenvalue weighted by Gasteiger charge is 2.20. The molecule has 0 aliphatic rings. The van der Waals surface area contributed by atoms with E-state index in [1.165, 1.54) is 0 Å². The fourth-order valence-electron chi connectivity index (χ4n) is 3.13. The molecule has 4 aromatic rings. The number of para-hydroxylation sites is 2. The van der Waals surface area contributed by atoms with Crippen LogP contribution in [-0.4, -0.2) is 17.4 Å². The Morgan fingerprint density at radius 2 is 1.77 bits per heavy atom. The van der Waals surface area contributed by atoms with E-state index in [9.17, 15) is 4.79 Å². The first kappa shape index (κ1) is 21.1. The van der Waals surface area contributed by atoms with Gasteiger partial charge in [0.25, 0.3) is 0 Å². The van der Waals surface area contributed by atoms with Crippen LogP contribution in [0.1, 0.15) is 41.6 Å². The zero-order valence-corrected chi connectivity index (χ0v) is 18.8. The molecule has 1 heterocycles. The average Bonchev–Trinajstić information content (AvgIpc) is 3.23. The Morgan fingerprint density at radius 3 is 2.48 bits per heavy atom. The molecule has 0 atom stereocenters. The third-order valence-corrected chi connectivity index (χ3v) is 5.36. The second-order valence-corrected chi connectivity index (χ2v) is 8.07. The molecule has 0 aliphatic carbocycles. The van der Waals surface area contributed by atoms with Gasteiger partial charge in [0.05, 0.1) is 12.2 Å². The summed E-state index contributed by atoms with van der Waals surface area (Å²) in [6.45, 7) is 2.79. The van der Waals surface area contributed by atoms with E-state index in [1.54, 1.807) is 12.1 Å². The van der Waals surface area contributed by atoms with Gasteiger partial charge in [-0.3, -0.25) is 4.79 Å². The quantitative estimate of drug-likeness (QED) is 0.153. The zero-order valence-electron chi connectivity index (χ0n) is 17.2. The summed E-state index contributed by atoms with van der Waals surface area (Å²) >= 11 is 3.44. The van der Waals surface area contributed by atoms with Crippen LogP contribution in [0.4, 0.5) is 0 Å². The van der Waals surface area contributed by atoms with Crippen LogP contribution < -0.4 is 4.74 Å². The Bertz CT molecular complexity index is 1170. The molecule has 0 radical (unpaired) electrons. The molecule has 4 rings (SSSR count). The van der Waals surface area contributed by atoms with E-state index in [0.29, 0.717) is 34.7 Å². The minimum Gasteiger partial charge on any atom is -0.494 e. The molecule has 156 valence electrons. The Kier molecular flexibility index (Phi) is 6.63. The highest BCUT2D eigenvalue weighted by Crippen LogP contribution is 2.27. The monoisotopic (exact) mass is 475 g/mol. The minimum atomic E-state index is -0.158. The first-order valence-corrected chi connectivity index (χ1v) is 11.0. The average molecular weight is 476 g/mol. The van der Waals surface area contributed by atoms with Gasteiger partial charge in [-0.1, -0.05) is 53.5 Å². The summed E-state index contributed by atoms with van der Waals surface area (Å²) in [6.07, 6.45) is 3.88. The van der Waals surface area contributed by atoms with Crippen molar-refractivity contribution in [3.05, 3.63) is 94.3 Å². The predicted molar refractivity (Wildman–Crippen MR) is 127 cm³/mol. The molecule has 0 amide bonds. The van der Waals surface area contributed by atoms with Gasteiger partial charge in [0.2, 0.25) is 5.89 Å². The van der Waals surface area contributed by atoms with Gasteiger partial charge in [0.1, 0.15) is 11.3 Å². The van der Waals surface area contributed by atoms with Crippen molar-refractivity contribution in [1.82, 2.24) is 4.98 Å². The van der Waals surface area contributed by atoms with Crippen LogP contribution >= 0.6 is 15.9 Å². The summed E-state index contributed by atoms with van der Waals surface area (Å²) in [6, 6.07) is 22.4. The maximum absolute atomic E-state index is 13.4. The lowest BCUT2D eigenvalue weighted by Crippen LogP contribution is -2.04. The van der Waals surface area contributed by atoms with Gasteiger partial charge in [0.15, 0.2) is 11.4 Å². The number of unbranched alkanes of at least 4 members (excludes halogenated alkanes) is 1. The zero-order chi connectivity index (χ0) is 21.6. The van der Waals surface area contributed by atoms with Gasteiger partial charge in [-0.05, 0) is 66.6 Å². The number of hydrogen-bond donors (Lipinski definition) is 0. The van der Waals surface area contributed by atoms with Crippen molar-refractivity contribution in [2.45, 2.75) is 19.8 Å². The lowest BCUT2D eigenvalue weighted by molar-refractivity contribution is 0.105. The van der Waals surface area contributed by atoms with Crippen LogP contribution in [0.3, 0.4) is 0 Å². The fourth-order valence-corrected chi connectivity index (χ4v) is 3.39. The number of allylic oxidation sites excluding steroid dienone is 1. The molecule has 5 heteroatoms. The maximum atomic E-state index is 13.4. The van der Waals surface area contributed by atoms with Gasteiger partial charge < -0.3 is 9.15 Å². The number of hydrogen-bond acceptors (Lipinski definition) is 4. The number of ether oxygens (including phenoxy) is 1. The molecule has 0 unspecified atom stereocenters. The van der Waals surface area contributed by atoms with E-state index >= 15 is 0 Å². The van der Waals surface area contributed by atoms with Gasteiger partial charge in [0, 0.05) is 10.0 Å². The third-order valence-electron chi connectivity index (χ3n) is 4.83. The highest BCUT2D eigenvalue weighted by molar-refractivity contribution is 9.10. The number of oxazole rings is 1. The fraction of sp³-hybridized carbons (Fsp3) is 0.154. The summed E-state index contributed by atoms with van der Waals surface area (Å²) in [7, 11) is 0. The molecule has 0 bridgehead atoms. The second-order valence-electron chi connectivity index (χ2n) is 7.15. The number of ketones is 1. The van der Waals surface area contributed by atoms with Crippen LogP contribution in [0.15, 0.2) is 81.7 Å². The number of halogens is 1. The Balaban J connectivity index is 1.69. The molecule has 1 aromatic heterocycles. The topological polar surface area (TPSA) is 52.3 Å². The SMILES string of the molecule is CCCCOc1ccc(C(=O)/C(=C/c2ccc(Br)cc2)c2nc3ccccc3o2)cc1. The second kappa shape index (κ2) is 9.75. The molecule has 4 nitrogen and oxygen atoms in total. The Hall–Kier alpha value is -3.18. The van der Waals surface area contributed by atoms with Crippen LogP contribution in [0.2, 0.25) is 0 Å². The predicted octanol–water partition coefficient (Wildman–Crippen LogP) is 7.19. The largest absolute Gasteiger partial charge is 0.494 e. The van der Waals surface area contributed by atoms with Crippen molar-refractivity contribution < 1.29 is 13.9 Å². The number of benzene rings is 3. The molecule has 3 aromatic carbocycles. The molecular formula is C26H22BrNO3. The van der Waals surface area contributed by atoms with Crippen molar-refractivity contribution in [3.8, 4) is 5.75 Å². The van der Waals surface area contributed by atoms with E-state index in [-0.39, 0.29) is 5.78 Å². The standard InChI is InChI=1S/C26H22BrNO3/c1-2-3-16-30-21-14-10-19(11-15-21)25(29)22(17-18-8-12-20(27)13-9-18)26-28-23-6-4-5-7-24(23)31-26/h4-15,17H,2-3,16H2,1H3/b22-17-. The van der Waals surface area contributed by atoms with Crippen molar-refractivity contribution >= 4 is 44.5 Å². The number of aromatic nitrogens is 1. The van der Waals surface area contributed by atoms with E-state index in [4.69, 9.17) is 9.15 Å². The van der Waals surface area contributed by atoms with Crippen molar-refractivity contribution in [2.75, 3.05) is 6.61 Å². The molecule has 31 heavy (non-hydrogen) atoms. The van der Waals surface area contributed by atoms with Crippen LogP contribution in [0.25, 0.3) is 22.7 Å². The van der Waals surface area contributed by atoms with Gasteiger partial charge in [-0.25, -0.2) is 4.98 Å². The van der Waals surface area contributed by atoms with Gasteiger partial charge in [-0.2, -0.15) is 0 Å². The molecule has 0 fully saturated rings. The molecule has 0 saturated carbocycles. The number of carbonyl (C=O) groups is 1. The highest BCUT2D eigenvalue weighted by atomic mass is 79.9. The van der Waals surface area contributed by atoms with E-state index < -0.39 is 0 Å². The number of rotatable bonds is 8. The molecule has 0 saturated heterocycles. The summed E-state index contributed by atoms with van der Waals surface area (Å²) in [5.41, 5.74) is 3.19. The normalized spacial score (nSPS) is 11.6. The Morgan fingerprint density at radius 1 is 1.03 bits per heavy atom. The molecule has 0 spiro atoms. The van der Waals surface area contributed by atoms with Crippen molar-refractivity contribution in [1.29, 1.82) is 0 Å². The molecule has 0 N–H and O–H groups in total. The minimum absolute atomic E-state index is 0.158. The van der Waals surface area contributed by atoms with Gasteiger partial charge in [-0.15, -0.1) is 0 Å². The number of carbonyl (C=O) groups excluding carboxylic acids is 1. The van der Waals surface area contributed by atoms with Crippen LogP contribution in [0, 0.1) is 0 Å². The molecular weight excluding hydrogens is 454 g/mol. The van der Waals surface area contributed by atoms with E-state index in [2.05, 4.69) is 27.8 Å². The summed E-state index contributed by atoms with van der Waals surface area (Å²) in [5.74, 6) is 0.900. The van der Waals surface area contributed by atoms with E-state index in [0.717, 1.165) is 28.6 Å². The number of fused-ring (bicyclic) bond motifs is 1. The van der Waals surface area contributed by atoms with Crippen LogP contribution in [0.5, 0.6) is 5.75 Å². The summed E-state index contributed by atoms with van der Waals surface area (Å²) < 4.78 is 12.6. The number of nitrogens with zero attached hydrogens (tertiary/aromatic N) is 1. The lowest BCUT2D eigenvalue weighted by atomic mass is 10.0. The Labute approximate surface area is 189 Å². The van der Waals surface area contributed by atoms with Crippen molar-refractivity contribution in [3.63, 3.8) is 0 Å². The summed E-state index contributed by atoms with van der Waals surface area (Å²) in [5, 5.41) is 0. The number of Topliss-reactive ketones (excluding diaryl/α,β-unsaturated/α-hetero) is 1. The smallest absolute Gasteiger partial charge is 0.231 e. The van der Waals surface area contributed by atoms with Crippen molar-refractivity contribution in [2.24, 2.45) is 0 Å². The summed E-state index contributed by atoms with van der Waals surface area (Å²) in [4.78, 5) is 18.0.